The molecule has 0 radical (unpaired) electrons. The van der Waals surface area contributed by atoms with Gasteiger partial charge in [-0.05, 0) is 6.92 Å². The van der Waals surface area contributed by atoms with Gasteiger partial charge < -0.3 is 5.11 Å². The lowest BCUT2D eigenvalue weighted by molar-refractivity contribution is 0.0692. The van der Waals surface area contributed by atoms with Crippen LogP contribution in [0.5, 0.6) is 0 Å². The minimum Gasteiger partial charge on any atom is -0.478 e. The second-order valence-corrected chi connectivity index (χ2v) is 2.80. The molecule has 2 aromatic heterocycles. The normalized spacial score (nSPS) is 10.7. The molecule has 0 fully saturated rings. The molecule has 0 saturated heterocycles. The molecule has 0 atom stereocenters. The number of rotatable bonds is 1. The molecule has 0 bridgehead atoms. The number of hydrogen-bond acceptors (Lipinski definition) is 3. The van der Waals surface area contributed by atoms with Gasteiger partial charge in [0.2, 0.25) is 0 Å². The summed E-state index contributed by atoms with van der Waals surface area (Å²) in [5, 5.41) is 12.5. The topological polar surface area (TPSA) is 67.5 Å². The summed E-state index contributed by atoms with van der Waals surface area (Å²) in [5.74, 6) is -1.67. The summed E-state index contributed by atoms with van der Waals surface area (Å²) in [6.07, 6.45) is 0.999. The highest BCUT2D eigenvalue weighted by Crippen LogP contribution is 2.10. The monoisotopic (exact) mass is 195 g/mol. The van der Waals surface area contributed by atoms with Crippen LogP contribution in [-0.2, 0) is 0 Å². The number of aromatic nitrogens is 3. The van der Waals surface area contributed by atoms with Crippen molar-refractivity contribution < 1.29 is 14.3 Å². The van der Waals surface area contributed by atoms with E-state index in [1.165, 1.54) is 4.52 Å². The highest BCUT2D eigenvalue weighted by molar-refractivity contribution is 5.88. The molecule has 0 aliphatic carbocycles. The number of carboxylic acids is 1. The van der Waals surface area contributed by atoms with E-state index in [4.69, 9.17) is 5.11 Å². The first-order valence-electron chi connectivity index (χ1n) is 3.84. The summed E-state index contributed by atoms with van der Waals surface area (Å²) >= 11 is 0. The van der Waals surface area contributed by atoms with Gasteiger partial charge in [-0.3, -0.25) is 0 Å². The van der Waals surface area contributed by atoms with Crippen molar-refractivity contribution in [2.24, 2.45) is 0 Å². The number of carbonyl (C=O) groups is 1. The summed E-state index contributed by atoms with van der Waals surface area (Å²) < 4.78 is 14.3. The summed E-state index contributed by atoms with van der Waals surface area (Å²) in [5.41, 5.74) is -0.0776. The summed E-state index contributed by atoms with van der Waals surface area (Å²) in [6.45, 7) is 1.64. The van der Waals surface area contributed by atoms with Gasteiger partial charge in [0.15, 0.2) is 11.5 Å². The summed E-state index contributed by atoms with van der Waals surface area (Å²) in [7, 11) is 0. The second-order valence-electron chi connectivity index (χ2n) is 2.80. The van der Waals surface area contributed by atoms with Gasteiger partial charge in [0.25, 0.3) is 0 Å². The van der Waals surface area contributed by atoms with Crippen LogP contribution >= 0.6 is 0 Å². The van der Waals surface area contributed by atoms with Crippen LogP contribution in [0.3, 0.4) is 0 Å². The van der Waals surface area contributed by atoms with Gasteiger partial charge >= 0.3 is 5.97 Å². The third-order valence-electron chi connectivity index (χ3n) is 1.76. The average Bonchev–Trinajstić information content (AvgIpc) is 2.42. The lowest BCUT2D eigenvalue weighted by atomic mass is 10.2. The van der Waals surface area contributed by atoms with Gasteiger partial charge in [0.05, 0.1) is 6.20 Å². The van der Waals surface area contributed by atoms with E-state index in [1.807, 2.05) is 0 Å². The van der Waals surface area contributed by atoms with Crippen LogP contribution in [0, 0.1) is 12.7 Å². The zero-order chi connectivity index (χ0) is 10.3. The number of aromatic carboxylic acids is 1. The molecule has 0 amide bonds. The van der Waals surface area contributed by atoms with Crippen LogP contribution < -0.4 is 0 Å². The number of halogens is 1. The van der Waals surface area contributed by atoms with E-state index in [1.54, 1.807) is 6.92 Å². The van der Waals surface area contributed by atoms with E-state index in [0.717, 1.165) is 12.3 Å². The fourth-order valence-electron chi connectivity index (χ4n) is 1.18. The average molecular weight is 195 g/mol. The predicted molar refractivity (Wildman–Crippen MR) is 44.6 cm³/mol. The van der Waals surface area contributed by atoms with Crippen LogP contribution in [0.1, 0.15) is 16.2 Å². The minimum absolute atomic E-state index is 0.321. The second kappa shape index (κ2) is 2.76. The van der Waals surface area contributed by atoms with E-state index >= 15 is 0 Å². The van der Waals surface area contributed by atoms with Crippen molar-refractivity contribution in [1.29, 1.82) is 0 Å². The van der Waals surface area contributed by atoms with Crippen molar-refractivity contribution in [3.05, 3.63) is 29.5 Å². The minimum atomic E-state index is -1.31. The van der Waals surface area contributed by atoms with E-state index in [9.17, 15) is 9.18 Å². The molecule has 2 heterocycles. The van der Waals surface area contributed by atoms with Crippen molar-refractivity contribution in [2.45, 2.75) is 6.92 Å². The smallest absolute Gasteiger partial charge is 0.338 e. The van der Waals surface area contributed by atoms with Gasteiger partial charge in [-0.15, -0.1) is 0 Å². The van der Waals surface area contributed by atoms with Crippen LogP contribution in [0.2, 0.25) is 0 Å². The lowest BCUT2D eigenvalue weighted by Crippen LogP contribution is -2.03. The van der Waals surface area contributed by atoms with Gasteiger partial charge in [0, 0.05) is 6.07 Å². The SMILES string of the molecule is Cc1nc2cc(C(=O)O)c(F)cn2n1. The third-order valence-corrected chi connectivity index (χ3v) is 1.76. The van der Waals surface area contributed by atoms with Gasteiger partial charge in [-0.25, -0.2) is 18.7 Å². The highest BCUT2D eigenvalue weighted by Gasteiger charge is 2.13. The zero-order valence-electron chi connectivity index (χ0n) is 7.23. The maximum absolute atomic E-state index is 13.1. The van der Waals surface area contributed by atoms with E-state index in [2.05, 4.69) is 10.1 Å². The van der Waals surface area contributed by atoms with Gasteiger partial charge in [0.1, 0.15) is 11.4 Å². The van der Waals surface area contributed by atoms with E-state index in [0.29, 0.717) is 11.5 Å². The molecule has 1 N–H and O–H groups in total. The Labute approximate surface area is 77.8 Å². The molecule has 0 aliphatic heterocycles. The third kappa shape index (κ3) is 1.20. The predicted octanol–water partition coefficient (Wildman–Crippen LogP) is 0.875. The molecule has 2 aromatic rings. The molecule has 0 aliphatic rings. The Kier molecular flexibility index (Phi) is 1.70. The van der Waals surface area contributed by atoms with Gasteiger partial charge in [-0.1, -0.05) is 0 Å². The fourth-order valence-corrected chi connectivity index (χ4v) is 1.18. The number of hydrogen-bond donors (Lipinski definition) is 1. The Morgan fingerprint density at radius 2 is 2.36 bits per heavy atom. The van der Waals surface area contributed by atoms with Crippen LogP contribution in [0.4, 0.5) is 4.39 Å². The molecule has 14 heavy (non-hydrogen) atoms. The largest absolute Gasteiger partial charge is 0.478 e. The molecule has 0 spiro atoms. The maximum Gasteiger partial charge on any atom is 0.338 e. The summed E-state index contributed by atoms with van der Waals surface area (Å²) in [6, 6.07) is 1.15. The molecule has 0 aromatic carbocycles. The Morgan fingerprint density at radius 3 is 3.00 bits per heavy atom. The number of nitrogens with zero attached hydrogens (tertiary/aromatic N) is 3. The molecule has 6 heteroatoms. The standard InChI is InChI=1S/C8H6FN3O2/c1-4-10-7-2-5(8(13)14)6(9)3-12(7)11-4/h2-3H,1H3,(H,13,14). The fraction of sp³-hybridized carbons (Fsp3) is 0.125. The molecular formula is C8H6FN3O2. The van der Waals surface area contributed by atoms with E-state index in [-0.39, 0.29) is 0 Å². The van der Waals surface area contributed by atoms with Crippen molar-refractivity contribution in [2.75, 3.05) is 0 Å². The maximum atomic E-state index is 13.1. The van der Waals surface area contributed by atoms with E-state index < -0.39 is 17.3 Å². The molecule has 72 valence electrons. The molecule has 0 saturated carbocycles. The first-order chi connectivity index (χ1) is 6.58. The van der Waals surface area contributed by atoms with Crippen molar-refractivity contribution in [3.63, 3.8) is 0 Å². The summed E-state index contributed by atoms with van der Waals surface area (Å²) in [4.78, 5) is 14.5. The number of fused-ring (bicyclic) bond motifs is 1. The Balaban J connectivity index is 2.76. The Hall–Kier alpha value is -1.98. The molecular weight excluding hydrogens is 189 g/mol. The molecule has 0 unspecified atom stereocenters. The Bertz CT molecular complexity index is 521. The van der Waals surface area contributed by atoms with Crippen molar-refractivity contribution >= 4 is 11.6 Å². The van der Waals surface area contributed by atoms with Crippen LogP contribution in [0.25, 0.3) is 5.65 Å². The first kappa shape index (κ1) is 8.61. The van der Waals surface area contributed by atoms with Gasteiger partial charge in [-0.2, -0.15) is 5.10 Å². The highest BCUT2D eigenvalue weighted by atomic mass is 19.1. The van der Waals surface area contributed by atoms with Crippen molar-refractivity contribution in [1.82, 2.24) is 14.6 Å². The molecule has 2 rings (SSSR count). The number of carboxylic acid groups (broad SMARTS) is 1. The van der Waals surface area contributed by atoms with Crippen LogP contribution in [-0.4, -0.2) is 25.7 Å². The lowest BCUT2D eigenvalue weighted by Gasteiger charge is -1.96. The Morgan fingerprint density at radius 1 is 1.64 bits per heavy atom. The van der Waals surface area contributed by atoms with Crippen molar-refractivity contribution in [3.8, 4) is 0 Å². The zero-order valence-corrected chi connectivity index (χ0v) is 7.23. The quantitative estimate of drug-likeness (QED) is 0.733. The number of aryl methyl sites for hydroxylation is 1. The first-order valence-corrected chi connectivity index (χ1v) is 3.84. The number of pyridine rings is 1. The van der Waals surface area contributed by atoms with Crippen LogP contribution in [0.15, 0.2) is 12.3 Å². The molecule has 5 nitrogen and oxygen atoms in total.